The monoisotopic (exact) mass is 393 g/mol. The van der Waals surface area contributed by atoms with Crippen LogP contribution in [0.1, 0.15) is 15.2 Å². The molecule has 1 aromatic carbocycles. The number of esters is 1. The van der Waals surface area contributed by atoms with Crippen molar-refractivity contribution in [3.8, 4) is 0 Å². The maximum atomic E-state index is 12.5. The maximum absolute atomic E-state index is 12.5. The number of amides is 2. The number of thiophene rings is 1. The first kappa shape index (κ1) is 18.7. The molecular formula is C18H20ClN3O3S. The number of ether oxygens (including phenoxy) is 1. The number of piperazine rings is 1. The standard InChI is InChI=1S/C18H20ClN3O3S/c1-25-17(23)16-15(6-11-26-16)20-18(24)22-9-7-21(8-10-22)12-13-4-2-3-5-14(13)19/h2-6,11H,7-10,12H2,1H3,(H,20,24). The summed E-state index contributed by atoms with van der Waals surface area (Å²) in [6.07, 6.45) is 0. The smallest absolute Gasteiger partial charge is 0.350 e. The van der Waals surface area contributed by atoms with Gasteiger partial charge in [0.2, 0.25) is 0 Å². The fourth-order valence-corrected chi connectivity index (χ4v) is 3.79. The number of anilines is 1. The number of benzene rings is 1. The van der Waals surface area contributed by atoms with Crippen LogP contribution in [-0.2, 0) is 11.3 Å². The lowest BCUT2D eigenvalue weighted by Gasteiger charge is -2.34. The third-order valence-electron chi connectivity index (χ3n) is 4.29. The van der Waals surface area contributed by atoms with E-state index in [1.165, 1.54) is 18.4 Å². The highest BCUT2D eigenvalue weighted by atomic mass is 35.5. The van der Waals surface area contributed by atoms with E-state index in [2.05, 4.69) is 10.2 Å². The fourth-order valence-electron chi connectivity index (χ4n) is 2.83. The van der Waals surface area contributed by atoms with Gasteiger partial charge in [0.1, 0.15) is 4.88 Å². The van der Waals surface area contributed by atoms with E-state index in [1.807, 2.05) is 24.3 Å². The SMILES string of the molecule is COC(=O)c1sccc1NC(=O)N1CCN(Cc2ccccc2Cl)CC1. The molecular weight excluding hydrogens is 374 g/mol. The van der Waals surface area contributed by atoms with Crippen LogP contribution in [0.3, 0.4) is 0 Å². The summed E-state index contributed by atoms with van der Waals surface area (Å²) in [5, 5.41) is 5.32. The summed E-state index contributed by atoms with van der Waals surface area (Å²) >= 11 is 7.46. The Hall–Kier alpha value is -2.09. The van der Waals surface area contributed by atoms with Gasteiger partial charge in [-0.05, 0) is 23.1 Å². The van der Waals surface area contributed by atoms with E-state index >= 15 is 0 Å². The normalized spacial score (nSPS) is 14.9. The lowest BCUT2D eigenvalue weighted by atomic mass is 10.2. The zero-order chi connectivity index (χ0) is 18.5. The van der Waals surface area contributed by atoms with Crippen LogP contribution in [0.25, 0.3) is 0 Å². The van der Waals surface area contributed by atoms with Crippen molar-refractivity contribution in [1.29, 1.82) is 0 Å². The molecule has 0 unspecified atom stereocenters. The van der Waals surface area contributed by atoms with Crippen molar-refractivity contribution >= 4 is 40.6 Å². The Balaban J connectivity index is 1.53. The number of carbonyl (C=O) groups excluding carboxylic acids is 2. The van der Waals surface area contributed by atoms with E-state index < -0.39 is 5.97 Å². The van der Waals surface area contributed by atoms with Crippen LogP contribution in [0.15, 0.2) is 35.7 Å². The Morgan fingerprint density at radius 2 is 1.92 bits per heavy atom. The van der Waals surface area contributed by atoms with Crippen LogP contribution >= 0.6 is 22.9 Å². The van der Waals surface area contributed by atoms with Gasteiger partial charge in [-0.15, -0.1) is 11.3 Å². The van der Waals surface area contributed by atoms with Gasteiger partial charge in [0.05, 0.1) is 12.8 Å². The summed E-state index contributed by atoms with van der Waals surface area (Å²) in [5.74, 6) is -0.445. The molecule has 2 aromatic rings. The average molecular weight is 394 g/mol. The van der Waals surface area contributed by atoms with Gasteiger partial charge in [-0.25, -0.2) is 9.59 Å². The van der Waals surface area contributed by atoms with Crippen LogP contribution in [-0.4, -0.2) is 55.1 Å². The van der Waals surface area contributed by atoms with Crippen LogP contribution in [0.2, 0.25) is 5.02 Å². The summed E-state index contributed by atoms with van der Waals surface area (Å²) < 4.78 is 4.73. The third kappa shape index (κ3) is 4.35. The zero-order valence-corrected chi connectivity index (χ0v) is 16.0. The summed E-state index contributed by atoms with van der Waals surface area (Å²) in [4.78, 5) is 28.6. The molecule has 0 radical (unpaired) electrons. The predicted molar refractivity (Wildman–Crippen MR) is 103 cm³/mol. The van der Waals surface area contributed by atoms with Gasteiger partial charge in [-0.1, -0.05) is 29.8 Å². The lowest BCUT2D eigenvalue weighted by Crippen LogP contribution is -2.49. The van der Waals surface area contributed by atoms with Crippen molar-refractivity contribution in [2.75, 3.05) is 38.6 Å². The minimum atomic E-state index is -0.445. The summed E-state index contributed by atoms with van der Waals surface area (Å²) in [6, 6.07) is 9.31. The molecule has 2 heterocycles. The first-order chi connectivity index (χ1) is 12.6. The largest absolute Gasteiger partial charge is 0.465 e. The van der Waals surface area contributed by atoms with E-state index in [1.54, 1.807) is 16.3 Å². The van der Waals surface area contributed by atoms with Crippen molar-refractivity contribution in [1.82, 2.24) is 9.80 Å². The topological polar surface area (TPSA) is 61.9 Å². The second-order valence-electron chi connectivity index (χ2n) is 5.94. The van der Waals surface area contributed by atoms with Gasteiger partial charge in [-0.3, -0.25) is 4.90 Å². The van der Waals surface area contributed by atoms with Crippen molar-refractivity contribution < 1.29 is 14.3 Å². The number of rotatable bonds is 4. The zero-order valence-electron chi connectivity index (χ0n) is 14.4. The van der Waals surface area contributed by atoms with Crippen LogP contribution in [0.4, 0.5) is 10.5 Å². The van der Waals surface area contributed by atoms with Gasteiger partial charge < -0.3 is 15.0 Å². The van der Waals surface area contributed by atoms with Gasteiger partial charge in [0, 0.05) is 37.7 Å². The third-order valence-corrected chi connectivity index (χ3v) is 5.55. The molecule has 6 nitrogen and oxygen atoms in total. The Morgan fingerprint density at radius 3 is 2.62 bits per heavy atom. The van der Waals surface area contributed by atoms with Crippen molar-refractivity contribution in [3.63, 3.8) is 0 Å². The van der Waals surface area contributed by atoms with Gasteiger partial charge in [-0.2, -0.15) is 0 Å². The highest BCUT2D eigenvalue weighted by Gasteiger charge is 2.23. The second kappa shape index (κ2) is 8.53. The van der Waals surface area contributed by atoms with E-state index in [4.69, 9.17) is 16.3 Å². The van der Waals surface area contributed by atoms with Crippen LogP contribution in [0.5, 0.6) is 0 Å². The number of urea groups is 1. The van der Waals surface area contributed by atoms with Crippen molar-refractivity contribution in [3.05, 3.63) is 51.2 Å². The number of halogens is 1. The molecule has 2 amide bonds. The first-order valence-electron chi connectivity index (χ1n) is 8.26. The lowest BCUT2D eigenvalue weighted by molar-refractivity contribution is 0.0607. The molecule has 0 aliphatic carbocycles. The molecule has 1 aromatic heterocycles. The van der Waals surface area contributed by atoms with E-state index in [-0.39, 0.29) is 6.03 Å². The predicted octanol–water partition coefficient (Wildman–Crippen LogP) is 3.54. The minimum absolute atomic E-state index is 0.203. The van der Waals surface area contributed by atoms with Crippen LogP contribution < -0.4 is 5.32 Å². The first-order valence-corrected chi connectivity index (χ1v) is 9.51. The Bertz CT molecular complexity index is 787. The average Bonchev–Trinajstić information content (AvgIpc) is 3.11. The molecule has 26 heavy (non-hydrogen) atoms. The van der Waals surface area contributed by atoms with E-state index in [9.17, 15) is 9.59 Å². The number of hydrogen-bond donors (Lipinski definition) is 1. The molecule has 138 valence electrons. The Labute approximate surface area is 161 Å². The molecule has 0 atom stereocenters. The number of nitrogens with one attached hydrogen (secondary N) is 1. The van der Waals surface area contributed by atoms with E-state index in [0.717, 1.165) is 30.2 Å². The maximum Gasteiger partial charge on any atom is 0.350 e. The molecule has 1 N–H and O–H groups in total. The highest BCUT2D eigenvalue weighted by molar-refractivity contribution is 7.12. The van der Waals surface area contributed by atoms with Gasteiger partial charge in [0.15, 0.2) is 0 Å². The molecule has 1 saturated heterocycles. The number of carbonyl (C=O) groups is 2. The molecule has 0 saturated carbocycles. The summed E-state index contributed by atoms with van der Waals surface area (Å²) in [5.41, 5.74) is 1.58. The van der Waals surface area contributed by atoms with Gasteiger partial charge >= 0.3 is 12.0 Å². The molecule has 1 aliphatic heterocycles. The van der Waals surface area contributed by atoms with Gasteiger partial charge in [0.25, 0.3) is 0 Å². The number of methoxy groups -OCH3 is 1. The quantitative estimate of drug-likeness (QED) is 0.807. The fraction of sp³-hybridized carbons (Fsp3) is 0.333. The molecule has 0 spiro atoms. The van der Waals surface area contributed by atoms with Crippen molar-refractivity contribution in [2.24, 2.45) is 0 Å². The molecule has 3 rings (SSSR count). The molecule has 1 aliphatic rings. The van der Waals surface area contributed by atoms with E-state index in [0.29, 0.717) is 23.7 Å². The Kier molecular flexibility index (Phi) is 6.13. The molecule has 8 heteroatoms. The molecule has 0 bridgehead atoms. The number of nitrogens with zero attached hydrogens (tertiary/aromatic N) is 2. The van der Waals surface area contributed by atoms with Crippen molar-refractivity contribution in [2.45, 2.75) is 6.54 Å². The number of hydrogen-bond acceptors (Lipinski definition) is 5. The molecule has 1 fully saturated rings. The summed E-state index contributed by atoms with van der Waals surface area (Å²) in [6.45, 7) is 3.55. The highest BCUT2D eigenvalue weighted by Crippen LogP contribution is 2.24. The summed E-state index contributed by atoms with van der Waals surface area (Å²) in [7, 11) is 1.33. The van der Waals surface area contributed by atoms with Crippen LogP contribution in [0, 0.1) is 0 Å². The minimum Gasteiger partial charge on any atom is -0.465 e. The second-order valence-corrected chi connectivity index (χ2v) is 7.26. The Morgan fingerprint density at radius 1 is 1.19 bits per heavy atom.